The molecule has 2 atom stereocenters. The van der Waals surface area contributed by atoms with Gasteiger partial charge in [-0.1, -0.05) is 42.5 Å². The van der Waals surface area contributed by atoms with E-state index in [1.54, 1.807) is 32.9 Å². The van der Waals surface area contributed by atoms with Crippen LogP contribution in [-0.4, -0.2) is 38.3 Å². The van der Waals surface area contributed by atoms with Gasteiger partial charge in [-0.2, -0.15) is 8.42 Å². The first-order chi connectivity index (χ1) is 14.8. The summed E-state index contributed by atoms with van der Waals surface area (Å²) in [4.78, 5) is 25.2. The van der Waals surface area contributed by atoms with E-state index in [0.717, 1.165) is 11.8 Å². The normalized spacial score (nSPS) is 13.7. The predicted octanol–water partition coefficient (Wildman–Crippen LogP) is 2.91. The summed E-state index contributed by atoms with van der Waals surface area (Å²) >= 11 is 0. The number of carbonyl (C=O) groups excluding carboxylic acids is 2. The van der Waals surface area contributed by atoms with E-state index in [2.05, 4.69) is 0 Å². The Morgan fingerprint density at radius 1 is 1.03 bits per heavy atom. The summed E-state index contributed by atoms with van der Waals surface area (Å²) in [7, 11) is -3.76. The van der Waals surface area contributed by atoms with Gasteiger partial charge in [0, 0.05) is 5.92 Å². The second-order valence-electron chi connectivity index (χ2n) is 8.38. The molecule has 2 N–H and O–H groups in total. The van der Waals surface area contributed by atoms with Crippen LogP contribution in [0.25, 0.3) is 0 Å². The number of carbonyl (C=O) groups is 2. The van der Waals surface area contributed by atoms with E-state index in [1.807, 2.05) is 30.3 Å². The number of hydrogen-bond acceptors (Lipinski definition) is 8. The molecule has 0 spiro atoms. The lowest BCUT2D eigenvalue weighted by molar-refractivity contribution is -0.157. The number of hydrogen-bond donors (Lipinski definition) is 1. The third-order valence-corrected chi connectivity index (χ3v) is 4.77. The van der Waals surface area contributed by atoms with Crippen LogP contribution >= 0.6 is 0 Å². The van der Waals surface area contributed by atoms with Gasteiger partial charge in [0.1, 0.15) is 24.0 Å². The molecular weight excluding hydrogens is 434 g/mol. The molecule has 0 bridgehead atoms. The van der Waals surface area contributed by atoms with Crippen molar-refractivity contribution in [1.82, 2.24) is 0 Å². The van der Waals surface area contributed by atoms with E-state index in [4.69, 9.17) is 19.4 Å². The van der Waals surface area contributed by atoms with Crippen molar-refractivity contribution in [3.8, 4) is 5.75 Å². The molecule has 0 aromatic heterocycles. The van der Waals surface area contributed by atoms with Gasteiger partial charge in [-0.25, -0.2) is 0 Å². The van der Waals surface area contributed by atoms with Crippen LogP contribution in [0.3, 0.4) is 0 Å². The highest BCUT2D eigenvalue weighted by atomic mass is 32.2. The lowest BCUT2D eigenvalue weighted by atomic mass is 9.88. The fraction of sp³-hybridized carbons (Fsp3) is 0.391. The fourth-order valence-corrected chi connectivity index (χ4v) is 3.39. The molecule has 8 nitrogen and oxygen atoms in total. The van der Waals surface area contributed by atoms with Crippen molar-refractivity contribution in [2.24, 2.45) is 5.73 Å². The molecule has 0 heterocycles. The molecule has 174 valence electrons. The Bertz CT molecular complexity index is 1030. The smallest absolute Gasteiger partial charge is 0.324 e. The van der Waals surface area contributed by atoms with Crippen molar-refractivity contribution in [3.05, 3.63) is 65.7 Å². The lowest BCUT2D eigenvalue weighted by Crippen LogP contribution is -2.42. The Kier molecular flexibility index (Phi) is 8.40. The van der Waals surface area contributed by atoms with Crippen LogP contribution in [0.15, 0.2) is 54.6 Å². The summed E-state index contributed by atoms with van der Waals surface area (Å²) < 4.78 is 38.6. The SMILES string of the molecule is CC(C)(C)OC(=O)C(N)C(CC(=O)OCc1ccccc1)c1cccc(OS(C)(=O)=O)c1. The largest absolute Gasteiger partial charge is 0.461 e. The van der Waals surface area contributed by atoms with E-state index in [9.17, 15) is 18.0 Å². The van der Waals surface area contributed by atoms with E-state index in [0.29, 0.717) is 5.56 Å². The lowest BCUT2D eigenvalue weighted by Gasteiger charge is -2.27. The number of esters is 2. The van der Waals surface area contributed by atoms with Crippen LogP contribution in [0.5, 0.6) is 5.75 Å². The number of rotatable bonds is 9. The second kappa shape index (κ2) is 10.6. The molecule has 2 unspecified atom stereocenters. The third kappa shape index (κ3) is 8.68. The van der Waals surface area contributed by atoms with Crippen molar-refractivity contribution in [3.63, 3.8) is 0 Å². The quantitative estimate of drug-likeness (QED) is 0.445. The van der Waals surface area contributed by atoms with Gasteiger partial charge in [0.15, 0.2) is 0 Å². The first-order valence-electron chi connectivity index (χ1n) is 10.0. The van der Waals surface area contributed by atoms with Gasteiger partial charge in [0.2, 0.25) is 0 Å². The second-order valence-corrected chi connectivity index (χ2v) is 9.95. The summed E-state index contributed by atoms with van der Waals surface area (Å²) in [6, 6.07) is 14.0. The van der Waals surface area contributed by atoms with Gasteiger partial charge in [0.25, 0.3) is 0 Å². The first kappa shape index (κ1) is 25.4. The molecule has 32 heavy (non-hydrogen) atoms. The highest BCUT2D eigenvalue weighted by Gasteiger charge is 2.32. The van der Waals surface area contributed by atoms with Gasteiger partial charge < -0.3 is 19.4 Å². The average Bonchev–Trinajstić information content (AvgIpc) is 2.68. The maximum absolute atomic E-state index is 12.6. The van der Waals surface area contributed by atoms with Gasteiger partial charge in [0.05, 0.1) is 12.7 Å². The van der Waals surface area contributed by atoms with Crippen molar-refractivity contribution < 1.29 is 31.7 Å². The van der Waals surface area contributed by atoms with E-state index in [-0.39, 0.29) is 18.8 Å². The highest BCUT2D eigenvalue weighted by molar-refractivity contribution is 7.86. The molecule has 2 rings (SSSR count). The number of ether oxygens (including phenoxy) is 2. The van der Waals surface area contributed by atoms with Crippen LogP contribution in [0.4, 0.5) is 0 Å². The third-order valence-electron chi connectivity index (χ3n) is 4.28. The average molecular weight is 464 g/mol. The van der Waals surface area contributed by atoms with Crippen LogP contribution in [0.2, 0.25) is 0 Å². The molecule has 0 fully saturated rings. The standard InChI is InChI=1S/C23H29NO7S/c1-23(2,3)30-22(26)21(24)19(14-20(25)29-15-16-9-6-5-7-10-16)17-11-8-12-18(13-17)31-32(4,27)28/h5-13,19,21H,14-15,24H2,1-4H3. The van der Waals surface area contributed by atoms with Crippen LogP contribution in [-0.2, 0) is 35.8 Å². The minimum Gasteiger partial charge on any atom is -0.461 e. The minimum atomic E-state index is -3.76. The number of benzene rings is 2. The van der Waals surface area contributed by atoms with Gasteiger partial charge in [-0.15, -0.1) is 0 Å². The Labute approximate surface area is 188 Å². The molecule has 0 saturated carbocycles. The fourth-order valence-electron chi connectivity index (χ4n) is 2.93. The van der Waals surface area contributed by atoms with Crippen molar-refractivity contribution in [1.29, 1.82) is 0 Å². The van der Waals surface area contributed by atoms with Gasteiger partial charge >= 0.3 is 22.1 Å². The summed E-state index contributed by atoms with van der Waals surface area (Å²) in [5.41, 5.74) is 6.69. The van der Waals surface area contributed by atoms with Gasteiger partial charge in [-0.05, 0) is 44.0 Å². The first-order valence-corrected chi connectivity index (χ1v) is 11.8. The Morgan fingerprint density at radius 2 is 1.69 bits per heavy atom. The summed E-state index contributed by atoms with van der Waals surface area (Å²) in [6.07, 6.45) is 0.708. The molecule has 0 amide bonds. The Hall–Kier alpha value is -2.91. The molecule has 2 aromatic carbocycles. The minimum absolute atomic E-state index is 0.0454. The molecule has 0 saturated heterocycles. The van der Waals surface area contributed by atoms with Crippen molar-refractivity contribution >= 4 is 22.1 Å². The molecule has 9 heteroatoms. The Morgan fingerprint density at radius 3 is 2.28 bits per heavy atom. The highest BCUT2D eigenvalue weighted by Crippen LogP contribution is 2.28. The summed E-state index contributed by atoms with van der Waals surface area (Å²) in [5, 5.41) is 0. The van der Waals surface area contributed by atoms with Crippen LogP contribution in [0.1, 0.15) is 44.2 Å². The molecule has 0 aliphatic heterocycles. The van der Waals surface area contributed by atoms with E-state index in [1.165, 1.54) is 12.1 Å². The molecule has 0 radical (unpaired) electrons. The summed E-state index contributed by atoms with van der Waals surface area (Å²) in [5.74, 6) is -2.03. The predicted molar refractivity (Wildman–Crippen MR) is 119 cm³/mol. The topological polar surface area (TPSA) is 122 Å². The monoisotopic (exact) mass is 463 g/mol. The zero-order valence-corrected chi connectivity index (χ0v) is 19.4. The van der Waals surface area contributed by atoms with Crippen LogP contribution < -0.4 is 9.92 Å². The van der Waals surface area contributed by atoms with Crippen molar-refractivity contribution in [2.75, 3.05) is 6.26 Å². The molecule has 0 aliphatic rings. The zero-order valence-electron chi connectivity index (χ0n) is 18.6. The zero-order chi connectivity index (χ0) is 23.9. The van der Waals surface area contributed by atoms with E-state index >= 15 is 0 Å². The van der Waals surface area contributed by atoms with Crippen molar-refractivity contribution in [2.45, 2.75) is 51.4 Å². The summed E-state index contributed by atoms with van der Waals surface area (Å²) in [6.45, 7) is 5.20. The van der Waals surface area contributed by atoms with E-state index < -0.39 is 39.6 Å². The molecule has 2 aromatic rings. The van der Waals surface area contributed by atoms with Gasteiger partial charge in [-0.3, -0.25) is 9.59 Å². The maximum atomic E-state index is 12.6. The van der Waals surface area contributed by atoms with Crippen LogP contribution in [0, 0.1) is 0 Å². The molecular formula is C23H29NO7S. The number of nitrogens with two attached hydrogens (primary N) is 1. The Balaban J connectivity index is 2.25. The maximum Gasteiger partial charge on any atom is 0.324 e. The molecule has 0 aliphatic carbocycles.